The highest BCUT2D eigenvalue weighted by atomic mass is 32.2. The molecule has 0 aromatic heterocycles. The highest BCUT2D eigenvalue weighted by Crippen LogP contribution is 2.37. The molecule has 1 fully saturated rings. The van der Waals surface area contributed by atoms with Gasteiger partial charge in [-0.1, -0.05) is 12.1 Å². The Balaban J connectivity index is 1.54. The Bertz CT molecular complexity index is 877. The molecule has 8 nitrogen and oxygen atoms in total. The van der Waals surface area contributed by atoms with E-state index in [0.717, 1.165) is 0 Å². The number of benzene rings is 1. The fraction of sp³-hybridized carbons (Fsp3) is 0.500. The van der Waals surface area contributed by atoms with Crippen molar-refractivity contribution >= 4 is 21.6 Å². The van der Waals surface area contributed by atoms with Gasteiger partial charge < -0.3 is 9.80 Å². The maximum absolute atomic E-state index is 12.5. The number of nitrogens with zero attached hydrogens (tertiary/aromatic N) is 4. The highest BCUT2D eigenvalue weighted by Gasteiger charge is 2.39. The molecular weight excluding hydrogens is 366 g/mol. The second kappa shape index (κ2) is 7.66. The Kier molecular flexibility index (Phi) is 5.48. The largest absolute Gasteiger partial charge is 0.367 e. The van der Waals surface area contributed by atoms with E-state index in [1.165, 1.54) is 6.07 Å². The maximum Gasteiger partial charge on any atom is 0.240 e. The highest BCUT2D eigenvalue weighted by molar-refractivity contribution is 7.89. The number of anilines is 1. The van der Waals surface area contributed by atoms with Crippen LogP contribution in [0.3, 0.4) is 0 Å². The number of rotatable bonds is 7. The summed E-state index contributed by atoms with van der Waals surface area (Å²) in [5.74, 6) is 2.64. The predicted octanol–water partition coefficient (Wildman–Crippen LogP) is 1.34. The van der Waals surface area contributed by atoms with Gasteiger partial charge in [0, 0.05) is 51.9 Å². The summed E-state index contributed by atoms with van der Waals surface area (Å²) < 4.78 is 23.6. The summed E-state index contributed by atoms with van der Waals surface area (Å²) in [6, 6.07) is 6.66. The van der Waals surface area contributed by atoms with E-state index in [9.17, 15) is 13.2 Å². The fourth-order valence-electron chi connectivity index (χ4n) is 3.29. The standard InChI is InChI=1S/C18H23N5O3S/c1-2-3-9-18(20-21-18)10-8-17(24)23-13-11-22(12-14-23)15-6-4-5-7-16(15)27(19,25)26/h1,4-7H,3,8-14H2,(H2,19,25,26). The van der Waals surface area contributed by atoms with Crippen LogP contribution in [-0.4, -0.2) is 51.1 Å². The van der Waals surface area contributed by atoms with Gasteiger partial charge in [-0.05, 0) is 12.1 Å². The number of piperazine rings is 1. The van der Waals surface area contributed by atoms with Crippen LogP contribution in [0.25, 0.3) is 0 Å². The lowest BCUT2D eigenvalue weighted by Gasteiger charge is -2.36. The van der Waals surface area contributed by atoms with Crippen LogP contribution in [0.2, 0.25) is 0 Å². The summed E-state index contributed by atoms with van der Waals surface area (Å²) in [5, 5.41) is 13.4. The van der Waals surface area contributed by atoms with E-state index < -0.39 is 15.7 Å². The molecule has 0 spiro atoms. The summed E-state index contributed by atoms with van der Waals surface area (Å²) in [4.78, 5) is 16.3. The van der Waals surface area contributed by atoms with E-state index >= 15 is 0 Å². The zero-order valence-electron chi connectivity index (χ0n) is 15.0. The third-order valence-electron chi connectivity index (χ3n) is 4.94. The fourth-order valence-corrected chi connectivity index (χ4v) is 4.05. The SMILES string of the molecule is C#CCCC1(CCC(=O)N2CCN(c3ccccc3S(N)(=O)=O)CC2)N=N1. The van der Waals surface area contributed by atoms with Gasteiger partial charge in [0.15, 0.2) is 5.66 Å². The lowest BCUT2D eigenvalue weighted by molar-refractivity contribution is -0.131. The Labute approximate surface area is 159 Å². The summed E-state index contributed by atoms with van der Waals surface area (Å²) in [5.41, 5.74) is 0.133. The van der Waals surface area contributed by atoms with E-state index in [-0.39, 0.29) is 10.8 Å². The zero-order valence-corrected chi connectivity index (χ0v) is 15.9. The number of amides is 1. The zero-order chi connectivity index (χ0) is 19.5. The van der Waals surface area contributed by atoms with Gasteiger partial charge in [0.1, 0.15) is 4.90 Å². The van der Waals surface area contributed by atoms with E-state index in [4.69, 9.17) is 11.6 Å². The first kappa shape index (κ1) is 19.3. The van der Waals surface area contributed by atoms with Crippen molar-refractivity contribution < 1.29 is 13.2 Å². The molecular formula is C18H23N5O3S. The molecule has 1 amide bonds. The van der Waals surface area contributed by atoms with Crippen LogP contribution in [0.15, 0.2) is 39.4 Å². The van der Waals surface area contributed by atoms with Crippen molar-refractivity contribution in [3.8, 4) is 12.3 Å². The normalized spacial score (nSPS) is 18.2. The van der Waals surface area contributed by atoms with Crippen molar-refractivity contribution in [1.82, 2.24) is 4.90 Å². The molecule has 0 bridgehead atoms. The summed E-state index contributed by atoms with van der Waals surface area (Å²) in [7, 11) is -3.80. The first-order valence-corrected chi connectivity index (χ1v) is 10.4. The second-order valence-electron chi connectivity index (χ2n) is 6.77. The van der Waals surface area contributed by atoms with Crippen LogP contribution in [0.1, 0.15) is 25.7 Å². The molecule has 0 aliphatic carbocycles. The average Bonchev–Trinajstić information content (AvgIpc) is 3.44. The van der Waals surface area contributed by atoms with Crippen LogP contribution in [0.4, 0.5) is 5.69 Å². The molecule has 2 N–H and O–H groups in total. The van der Waals surface area contributed by atoms with E-state index in [2.05, 4.69) is 16.1 Å². The number of para-hydroxylation sites is 1. The van der Waals surface area contributed by atoms with Crippen LogP contribution < -0.4 is 10.0 Å². The first-order valence-electron chi connectivity index (χ1n) is 8.87. The molecule has 0 saturated carbocycles. The van der Waals surface area contributed by atoms with Gasteiger partial charge in [0.25, 0.3) is 0 Å². The third-order valence-corrected chi connectivity index (χ3v) is 5.89. The van der Waals surface area contributed by atoms with Gasteiger partial charge in [-0.2, -0.15) is 10.2 Å². The Hall–Kier alpha value is -2.44. The number of carbonyl (C=O) groups is 1. The molecule has 1 aromatic rings. The Morgan fingerprint density at radius 3 is 2.44 bits per heavy atom. The average molecular weight is 389 g/mol. The van der Waals surface area contributed by atoms with Crippen molar-refractivity contribution in [1.29, 1.82) is 0 Å². The minimum atomic E-state index is -3.80. The lowest BCUT2D eigenvalue weighted by Crippen LogP contribution is -2.49. The smallest absolute Gasteiger partial charge is 0.240 e. The summed E-state index contributed by atoms with van der Waals surface area (Å²) >= 11 is 0. The molecule has 0 atom stereocenters. The maximum atomic E-state index is 12.5. The number of terminal acetylenes is 1. The molecule has 2 aliphatic rings. The number of primary sulfonamides is 1. The Morgan fingerprint density at radius 2 is 1.85 bits per heavy atom. The number of hydrogen-bond donors (Lipinski definition) is 1. The molecule has 27 heavy (non-hydrogen) atoms. The van der Waals surface area contributed by atoms with E-state index in [1.54, 1.807) is 23.1 Å². The molecule has 0 unspecified atom stereocenters. The molecule has 144 valence electrons. The van der Waals surface area contributed by atoms with Crippen molar-refractivity contribution in [3.05, 3.63) is 24.3 Å². The number of nitrogens with two attached hydrogens (primary N) is 1. The van der Waals surface area contributed by atoms with Gasteiger partial charge in [-0.15, -0.1) is 12.3 Å². The van der Waals surface area contributed by atoms with E-state index in [1.807, 2.05) is 4.90 Å². The quantitative estimate of drug-likeness (QED) is 0.710. The number of hydrogen-bond acceptors (Lipinski definition) is 6. The first-order chi connectivity index (χ1) is 12.8. The number of sulfonamides is 1. The molecule has 2 aliphatic heterocycles. The van der Waals surface area contributed by atoms with Gasteiger partial charge in [0.05, 0.1) is 5.69 Å². The molecule has 1 saturated heterocycles. The second-order valence-corrected chi connectivity index (χ2v) is 8.30. The molecule has 2 heterocycles. The van der Waals surface area contributed by atoms with Crippen molar-refractivity contribution in [2.75, 3.05) is 31.1 Å². The summed E-state index contributed by atoms with van der Waals surface area (Å²) in [6.45, 7) is 2.16. The minimum Gasteiger partial charge on any atom is -0.367 e. The van der Waals surface area contributed by atoms with Gasteiger partial charge in [-0.3, -0.25) is 4.79 Å². The lowest BCUT2D eigenvalue weighted by atomic mass is 10.0. The molecule has 0 radical (unpaired) electrons. The van der Waals surface area contributed by atoms with Crippen molar-refractivity contribution in [2.45, 2.75) is 36.2 Å². The Morgan fingerprint density at radius 1 is 1.19 bits per heavy atom. The van der Waals surface area contributed by atoms with Crippen molar-refractivity contribution in [3.63, 3.8) is 0 Å². The summed E-state index contributed by atoms with van der Waals surface area (Å²) in [6.07, 6.45) is 7.53. The molecule has 9 heteroatoms. The van der Waals surface area contributed by atoms with Gasteiger partial charge in [0.2, 0.25) is 15.9 Å². The molecule has 1 aromatic carbocycles. The van der Waals surface area contributed by atoms with E-state index in [0.29, 0.717) is 57.5 Å². The van der Waals surface area contributed by atoms with Crippen LogP contribution in [-0.2, 0) is 14.8 Å². The van der Waals surface area contributed by atoms with Crippen LogP contribution >= 0.6 is 0 Å². The number of carbonyl (C=O) groups excluding carboxylic acids is 1. The topological polar surface area (TPSA) is 108 Å². The molecule has 3 rings (SSSR count). The van der Waals surface area contributed by atoms with Crippen LogP contribution in [0, 0.1) is 12.3 Å². The van der Waals surface area contributed by atoms with Gasteiger partial charge >= 0.3 is 0 Å². The third kappa shape index (κ3) is 4.64. The van der Waals surface area contributed by atoms with Crippen molar-refractivity contribution in [2.24, 2.45) is 15.4 Å². The van der Waals surface area contributed by atoms with Gasteiger partial charge in [-0.25, -0.2) is 13.6 Å². The monoisotopic (exact) mass is 389 g/mol. The van der Waals surface area contributed by atoms with Crippen LogP contribution in [0.5, 0.6) is 0 Å². The minimum absolute atomic E-state index is 0.0618. The predicted molar refractivity (Wildman–Crippen MR) is 101 cm³/mol.